The van der Waals surface area contributed by atoms with Gasteiger partial charge in [-0.05, 0) is 55.7 Å². The fourth-order valence-electron chi connectivity index (χ4n) is 3.69. The molecule has 0 aromatic heterocycles. The second-order valence-electron chi connectivity index (χ2n) is 7.05. The highest BCUT2D eigenvalue weighted by Gasteiger charge is 2.20. The first-order valence-electron chi connectivity index (χ1n) is 9.05. The summed E-state index contributed by atoms with van der Waals surface area (Å²) in [5.41, 5.74) is 5.37. The van der Waals surface area contributed by atoms with Gasteiger partial charge in [-0.25, -0.2) is 0 Å². The molecule has 2 N–H and O–H groups in total. The van der Waals surface area contributed by atoms with Gasteiger partial charge in [-0.15, -0.1) is 0 Å². The Kier molecular flexibility index (Phi) is 5.37. The highest BCUT2D eigenvalue weighted by molar-refractivity contribution is 5.98. The van der Waals surface area contributed by atoms with Gasteiger partial charge in [0, 0.05) is 25.1 Å². The van der Waals surface area contributed by atoms with E-state index >= 15 is 0 Å². The number of carbonyl (C=O) groups is 2. The van der Waals surface area contributed by atoms with E-state index in [2.05, 4.69) is 28.8 Å². The van der Waals surface area contributed by atoms with Crippen LogP contribution in [-0.2, 0) is 16.1 Å². The molecule has 4 heteroatoms. The zero-order valence-corrected chi connectivity index (χ0v) is 15.0. The third-order valence-electron chi connectivity index (χ3n) is 5.17. The zero-order valence-electron chi connectivity index (χ0n) is 15.0. The molecule has 0 spiro atoms. The molecule has 1 aromatic rings. The Morgan fingerprint density at radius 1 is 1.24 bits per heavy atom. The van der Waals surface area contributed by atoms with Crippen molar-refractivity contribution in [2.75, 3.05) is 6.54 Å². The highest BCUT2D eigenvalue weighted by atomic mass is 16.2. The summed E-state index contributed by atoms with van der Waals surface area (Å²) < 4.78 is 0. The van der Waals surface area contributed by atoms with Gasteiger partial charge in [-0.1, -0.05) is 35.9 Å². The molecular formula is C21H26N2O2. The van der Waals surface area contributed by atoms with Gasteiger partial charge < -0.3 is 10.6 Å². The van der Waals surface area contributed by atoms with E-state index in [1.54, 1.807) is 0 Å². The minimum Gasteiger partial charge on any atom is -0.356 e. The van der Waals surface area contributed by atoms with Gasteiger partial charge in [0.05, 0.1) is 0 Å². The zero-order chi connectivity index (χ0) is 17.8. The fourth-order valence-corrected chi connectivity index (χ4v) is 3.69. The molecule has 0 saturated carbocycles. The molecule has 1 unspecified atom stereocenters. The number of hydrogen-bond acceptors (Lipinski definition) is 2. The van der Waals surface area contributed by atoms with Crippen molar-refractivity contribution in [3.8, 4) is 0 Å². The normalized spacial score (nSPS) is 20.8. The first-order valence-corrected chi connectivity index (χ1v) is 9.05. The van der Waals surface area contributed by atoms with Crippen LogP contribution in [-0.4, -0.2) is 18.4 Å². The number of hydrogen-bond donors (Lipinski definition) is 2. The van der Waals surface area contributed by atoms with Crippen molar-refractivity contribution in [1.82, 2.24) is 10.6 Å². The smallest absolute Gasteiger partial charge is 0.251 e. The van der Waals surface area contributed by atoms with Gasteiger partial charge in [-0.2, -0.15) is 0 Å². The molecular weight excluding hydrogens is 312 g/mol. The lowest BCUT2D eigenvalue weighted by Crippen LogP contribution is -2.32. The molecule has 25 heavy (non-hydrogen) atoms. The summed E-state index contributed by atoms with van der Waals surface area (Å²) in [5, 5.41) is 5.90. The Morgan fingerprint density at radius 3 is 2.68 bits per heavy atom. The fraction of sp³-hybridized carbons (Fsp3) is 0.429. The number of carbonyl (C=O) groups excluding carboxylic acids is 2. The molecule has 1 aliphatic carbocycles. The SMILES string of the molecule is CC1=CCCC(C)=C1C(=O)NCc1ccc(C2CCNC(=O)C2)cc1. The summed E-state index contributed by atoms with van der Waals surface area (Å²) in [7, 11) is 0. The Hall–Kier alpha value is -2.36. The van der Waals surface area contributed by atoms with E-state index in [0.29, 0.717) is 18.9 Å². The molecule has 132 valence electrons. The first kappa shape index (κ1) is 17.5. The Balaban J connectivity index is 1.59. The minimum atomic E-state index is 0.0129. The summed E-state index contributed by atoms with van der Waals surface area (Å²) >= 11 is 0. The van der Waals surface area contributed by atoms with Crippen molar-refractivity contribution < 1.29 is 9.59 Å². The monoisotopic (exact) mass is 338 g/mol. The summed E-state index contributed by atoms with van der Waals surface area (Å²) in [6.45, 7) is 5.32. The molecule has 1 fully saturated rings. The standard InChI is InChI=1S/C21H26N2O2/c1-14-4-3-5-15(2)20(14)21(25)23-13-16-6-8-17(9-7-16)18-10-11-22-19(24)12-18/h4,6-9,18H,3,5,10-13H2,1-2H3,(H,22,24)(H,23,25). The number of allylic oxidation sites excluding steroid dienone is 2. The molecule has 0 radical (unpaired) electrons. The summed E-state index contributed by atoms with van der Waals surface area (Å²) in [4.78, 5) is 24.0. The van der Waals surface area contributed by atoms with Crippen LogP contribution in [0.3, 0.4) is 0 Å². The number of amides is 2. The quantitative estimate of drug-likeness (QED) is 0.884. The predicted molar refractivity (Wildman–Crippen MR) is 99.0 cm³/mol. The molecule has 3 rings (SSSR count). The van der Waals surface area contributed by atoms with Crippen LogP contribution in [0.5, 0.6) is 0 Å². The molecule has 1 heterocycles. The van der Waals surface area contributed by atoms with Crippen LogP contribution in [0.15, 0.2) is 47.1 Å². The topological polar surface area (TPSA) is 58.2 Å². The molecule has 1 saturated heterocycles. The van der Waals surface area contributed by atoms with Crippen LogP contribution in [0.4, 0.5) is 0 Å². The van der Waals surface area contributed by atoms with Crippen LogP contribution < -0.4 is 10.6 Å². The second-order valence-corrected chi connectivity index (χ2v) is 7.05. The van der Waals surface area contributed by atoms with E-state index in [-0.39, 0.29) is 11.8 Å². The molecule has 1 aliphatic heterocycles. The molecule has 1 aromatic carbocycles. The van der Waals surface area contributed by atoms with Crippen molar-refractivity contribution in [2.45, 2.75) is 52.0 Å². The van der Waals surface area contributed by atoms with E-state index in [1.807, 2.05) is 26.0 Å². The summed E-state index contributed by atoms with van der Waals surface area (Å²) in [5.74, 6) is 0.450. The van der Waals surface area contributed by atoms with Crippen molar-refractivity contribution in [1.29, 1.82) is 0 Å². The van der Waals surface area contributed by atoms with Crippen LogP contribution in [0, 0.1) is 0 Å². The third kappa shape index (κ3) is 4.19. The van der Waals surface area contributed by atoms with Crippen molar-refractivity contribution in [3.05, 3.63) is 58.2 Å². The largest absolute Gasteiger partial charge is 0.356 e. The average molecular weight is 338 g/mol. The lowest BCUT2D eigenvalue weighted by Gasteiger charge is -2.22. The van der Waals surface area contributed by atoms with Gasteiger partial charge in [0.2, 0.25) is 5.91 Å². The van der Waals surface area contributed by atoms with Crippen LogP contribution in [0.25, 0.3) is 0 Å². The molecule has 1 atom stereocenters. The van der Waals surface area contributed by atoms with Gasteiger partial charge in [0.1, 0.15) is 0 Å². The van der Waals surface area contributed by atoms with Crippen molar-refractivity contribution in [2.24, 2.45) is 0 Å². The van der Waals surface area contributed by atoms with E-state index in [0.717, 1.165) is 42.5 Å². The number of nitrogens with one attached hydrogen (secondary N) is 2. The molecule has 0 bridgehead atoms. The molecule has 4 nitrogen and oxygen atoms in total. The summed E-state index contributed by atoms with van der Waals surface area (Å²) in [6.07, 6.45) is 5.67. The van der Waals surface area contributed by atoms with E-state index in [1.165, 1.54) is 11.1 Å². The van der Waals surface area contributed by atoms with Gasteiger partial charge in [0.25, 0.3) is 5.91 Å². The van der Waals surface area contributed by atoms with Crippen LogP contribution >= 0.6 is 0 Å². The Labute approximate surface area is 149 Å². The van der Waals surface area contributed by atoms with Gasteiger partial charge in [-0.3, -0.25) is 9.59 Å². The number of rotatable bonds is 4. The van der Waals surface area contributed by atoms with Crippen molar-refractivity contribution in [3.63, 3.8) is 0 Å². The maximum absolute atomic E-state index is 12.5. The maximum atomic E-state index is 12.5. The van der Waals surface area contributed by atoms with Gasteiger partial charge >= 0.3 is 0 Å². The van der Waals surface area contributed by atoms with E-state index in [4.69, 9.17) is 0 Å². The number of benzene rings is 1. The molecule has 2 amide bonds. The minimum absolute atomic E-state index is 0.0129. The first-order chi connectivity index (χ1) is 12.0. The Bertz CT molecular complexity index is 729. The lowest BCUT2D eigenvalue weighted by molar-refractivity contribution is -0.122. The summed E-state index contributed by atoms with van der Waals surface area (Å²) in [6, 6.07) is 8.27. The third-order valence-corrected chi connectivity index (χ3v) is 5.17. The predicted octanol–water partition coefficient (Wildman–Crippen LogP) is 3.35. The number of piperidine rings is 1. The van der Waals surface area contributed by atoms with Crippen molar-refractivity contribution >= 4 is 11.8 Å². The average Bonchev–Trinajstić information content (AvgIpc) is 2.60. The maximum Gasteiger partial charge on any atom is 0.251 e. The van der Waals surface area contributed by atoms with E-state index < -0.39 is 0 Å². The second kappa shape index (κ2) is 7.68. The van der Waals surface area contributed by atoms with Gasteiger partial charge in [0.15, 0.2) is 0 Å². The highest BCUT2D eigenvalue weighted by Crippen LogP contribution is 2.26. The van der Waals surface area contributed by atoms with E-state index in [9.17, 15) is 9.59 Å². The lowest BCUT2D eigenvalue weighted by atomic mass is 9.89. The van der Waals surface area contributed by atoms with Crippen LogP contribution in [0.1, 0.15) is 56.6 Å². The van der Waals surface area contributed by atoms with Crippen LogP contribution in [0.2, 0.25) is 0 Å². The molecule has 2 aliphatic rings. The Morgan fingerprint density at radius 2 is 2.00 bits per heavy atom.